The highest BCUT2D eigenvalue weighted by Crippen LogP contribution is 2.11. The van der Waals surface area contributed by atoms with Crippen molar-refractivity contribution >= 4 is 6.21 Å². The molecule has 2 aromatic carbocycles. The molecule has 92 valence electrons. The maximum Gasteiger partial charge on any atom is 0.207 e. The predicted molar refractivity (Wildman–Crippen MR) is 72.7 cm³/mol. The second-order valence-corrected chi connectivity index (χ2v) is 3.90. The van der Waals surface area contributed by atoms with Crippen molar-refractivity contribution in [3.05, 3.63) is 66.2 Å². The number of hydrogen-bond donors (Lipinski definition) is 0. The quantitative estimate of drug-likeness (QED) is 0.669. The van der Waals surface area contributed by atoms with Crippen LogP contribution in [-0.2, 0) is 0 Å². The Bertz CT molecular complexity index is 673. The zero-order valence-electron chi connectivity index (χ0n) is 10.1. The molecule has 3 rings (SSSR count). The van der Waals surface area contributed by atoms with Gasteiger partial charge in [0.1, 0.15) is 0 Å². The Morgan fingerprint density at radius 3 is 2.32 bits per heavy atom. The van der Waals surface area contributed by atoms with Gasteiger partial charge >= 0.3 is 0 Å². The van der Waals surface area contributed by atoms with Crippen molar-refractivity contribution in [2.24, 2.45) is 5.10 Å². The summed E-state index contributed by atoms with van der Waals surface area (Å²) in [6.07, 6.45) is 1.69. The summed E-state index contributed by atoms with van der Waals surface area (Å²) in [4.78, 5) is 1.22. The van der Waals surface area contributed by atoms with Crippen molar-refractivity contribution in [3.63, 3.8) is 0 Å². The molecule has 0 spiro atoms. The minimum Gasteiger partial charge on any atom is -0.138 e. The number of aromatic nitrogens is 4. The molecule has 0 aliphatic heterocycles. The number of tetrazole rings is 1. The minimum absolute atomic E-state index is 0.561. The van der Waals surface area contributed by atoms with Crippen LogP contribution in [0.1, 0.15) is 5.56 Å². The minimum atomic E-state index is 0.561. The van der Waals surface area contributed by atoms with Crippen LogP contribution in [-0.4, -0.2) is 26.5 Å². The van der Waals surface area contributed by atoms with Crippen molar-refractivity contribution < 1.29 is 0 Å². The Hall–Kier alpha value is -2.82. The fourth-order valence-corrected chi connectivity index (χ4v) is 1.62. The predicted octanol–water partition coefficient (Wildman–Crippen LogP) is 2.22. The summed E-state index contributed by atoms with van der Waals surface area (Å²) in [6.45, 7) is 0. The van der Waals surface area contributed by atoms with Crippen LogP contribution in [0.4, 0.5) is 0 Å². The smallest absolute Gasteiger partial charge is 0.138 e. The summed E-state index contributed by atoms with van der Waals surface area (Å²) in [6, 6.07) is 19.4. The molecule has 0 unspecified atom stereocenters. The van der Waals surface area contributed by atoms with Gasteiger partial charge in [-0.1, -0.05) is 60.7 Å². The molecule has 0 aliphatic rings. The SMILES string of the molecule is C(=N/n1nnc(-c2ccccc2)n1)/c1ccccc1. The first-order valence-corrected chi connectivity index (χ1v) is 5.87. The van der Waals surface area contributed by atoms with E-state index in [9.17, 15) is 0 Å². The zero-order chi connectivity index (χ0) is 12.9. The van der Waals surface area contributed by atoms with Crippen LogP contribution in [0, 0.1) is 0 Å². The van der Waals surface area contributed by atoms with Crippen LogP contribution in [0.3, 0.4) is 0 Å². The summed E-state index contributed by atoms with van der Waals surface area (Å²) in [5.74, 6) is 0.561. The second-order valence-electron chi connectivity index (χ2n) is 3.90. The third-order valence-electron chi connectivity index (χ3n) is 2.55. The van der Waals surface area contributed by atoms with Gasteiger partial charge in [-0.25, -0.2) is 0 Å². The van der Waals surface area contributed by atoms with E-state index in [1.165, 1.54) is 4.91 Å². The van der Waals surface area contributed by atoms with Gasteiger partial charge in [0, 0.05) is 5.56 Å². The normalized spacial score (nSPS) is 10.9. The molecule has 0 fully saturated rings. The van der Waals surface area contributed by atoms with Crippen molar-refractivity contribution in [2.75, 3.05) is 0 Å². The van der Waals surface area contributed by atoms with Crippen LogP contribution >= 0.6 is 0 Å². The molecule has 0 amide bonds. The lowest BCUT2D eigenvalue weighted by Gasteiger charge is -1.91. The molecular formula is C14H11N5. The molecular weight excluding hydrogens is 238 g/mol. The lowest BCUT2D eigenvalue weighted by Crippen LogP contribution is -1.95. The molecule has 0 aliphatic carbocycles. The molecule has 0 radical (unpaired) electrons. The molecule has 0 atom stereocenters. The maximum absolute atomic E-state index is 4.19. The highest BCUT2D eigenvalue weighted by Gasteiger charge is 2.03. The summed E-state index contributed by atoms with van der Waals surface area (Å²) in [5.41, 5.74) is 1.91. The van der Waals surface area contributed by atoms with Crippen LogP contribution in [0.5, 0.6) is 0 Å². The second kappa shape index (κ2) is 5.22. The van der Waals surface area contributed by atoms with Crippen molar-refractivity contribution in [1.29, 1.82) is 0 Å². The van der Waals surface area contributed by atoms with Gasteiger partial charge in [-0.3, -0.25) is 0 Å². The molecule has 5 nitrogen and oxygen atoms in total. The Kier molecular flexibility index (Phi) is 3.10. The lowest BCUT2D eigenvalue weighted by atomic mass is 10.2. The highest BCUT2D eigenvalue weighted by molar-refractivity contribution is 5.79. The highest BCUT2D eigenvalue weighted by atomic mass is 15.7. The summed E-state index contributed by atoms with van der Waals surface area (Å²) >= 11 is 0. The molecule has 0 bridgehead atoms. The topological polar surface area (TPSA) is 56.0 Å². The van der Waals surface area contributed by atoms with E-state index < -0.39 is 0 Å². The monoisotopic (exact) mass is 249 g/mol. The number of benzene rings is 2. The number of hydrogen-bond acceptors (Lipinski definition) is 4. The summed E-state index contributed by atoms with van der Waals surface area (Å²) < 4.78 is 0. The Balaban J connectivity index is 1.81. The van der Waals surface area contributed by atoms with E-state index >= 15 is 0 Å². The van der Waals surface area contributed by atoms with Gasteiger partial charge in [0.2, 0.25) is 5.82 Å². The Morgan fingerprint density at radius 2 is 1.58 bits per heavy atom. The van der Waals surface area contributed by atoms with Gasteiger partial charge in [0.15, 0.2) is 0 Å². The zero-order valence-corrected chi connectivity index (χ0v) is 10.1. The van der Waals surface area contributed by atoms with Crippen LogP contribution in [0.2, 0.25) is 0 Å². The fraction of sp³-hybridized carbons (Fsp3) is 0. The van der Waals surface area contributed by atoms with Gasteiger partial charge < -0.3 is 0 Å². The average Bonchev–Trinajstić information content (AvgIpc) is 2.96. The van der Waals surface area contributed by atoms with Crippen molar-refractivity contribution in [2.45, 2.75) is 0 Å². The van der Waals surface area contributed by atoms with Crippen molar-refractivity contribution in [1.82, 2.24) is 20.3 Å². The van der Waals surface area contributed by atoms with E-state index in [1.807, 2.05) is 60.7 Å². The standard InChI is InChI=1S/C14H11N5/c1-3-7-12(8-4-1)11-15-19-17-14(16-18-19)13-9-5-2-6-10-13/h1-11H/b15-11-. The largest absolute Gasteiger partial charge is 0.207 e. The van der Waals surface area contributed by atoms with E-state index in [2.05, 4.69) is 20.5 Å². The molecule has 0 saturated carbocycles. The Labute approximate surface area is 110 Å². The van der Waals surface area contributed by atoms with Gasteiger partial charge in [0.05, 0.1) is 6.21 Å². The summed E-state index contributed by atoms with van der Waals surface area (Å²) in [5, 5.41) is 16.2. The first-order valence-electron chi connectivity index (χ1n) is 5.87. The van der Waals surface area contributed by atoms with Gasteiger partial charge in [0.25, 0.3) is 0 Å². The fourth-order valence-electron chi connectivity index (χ4n) is 1.62. The molecule has 0 saturated heterocycles. The first kappa shape index (κ1) is 11.3. The number of nitrogens with zero attached hydrogens (tertiary/aromatic N) is 5. The molecule has 19 heavy (non-hydrogen) atoms. The van der Waals surface area contributed by atoms with Gasteiger partial charge in [-0.2, -0.15) is 0 Å². The van der Waals surface area contributed by atoms with Gasteiger partial charge in [-0.05, 0) is 15.7 Å². The third-order valence-corrected chi connectivity index (χ3v) is 2.55. The summed E-state index contributed by atoms with van der Waals surface area (Å²) in [7, 11) is 0. The Morgan fingerprint density at radius 1 is 0.895 bits per heavy atom. The number of rotatable bonds is 3. The lowest BCUT2D eigenvalue weighted by molar-refractivity contribution is 0.614. The molecule has 3 aromatic rings. The maximum atomic E-state index is 4.19. The van der Waals surface area contributed by atoms with E-state index in [0.717, 1.165) is 11.1 Å². The van der Waals surface area contributed by atoms with E-state index in [0.29, 0.717) is 5.82 Å². The first-order chi connectivity index (χ1) is 9.42. The van der Waals surface area contributed by atoms with Gasteiger partial charge in [-0.15, -0.1) is 15.3 Å². The van der Waals surface area contributed by atoms with E-state index in [-0.39, 0.29) is 0 Å². The van der Waals surface area contributed by atoms with E-state index in [1.54, 1.807) is 6.21 Å². The van der Waals surface area contributed by atoms with Crippen molar-refractivity contribution in [3.8, 4) is 11.4 Å². The average molecular weight is 249 g/mol. The van der Waals surface area contributed by atoms with Crippen LogP contribution in [0.15, 0.2) is 65.8 Å². The van der Waals surface area contributed by atoms with Crippen LogP contribution < -0.4 is 0 Å². The molecule has 5 heteroatoms. The van der Waals surface area contributed by atoms with Crippen LogP contribution in [0.25, 0.3) is 11.4 Å². The molecule has 1 heterocycles. The molecule has 1 aromatic heterocycles. The third kappa shape index (κ3) is 2.71. The molecule has 0 N–H and O–H groups in total. The van der Waals surface area contributed by atoms with E-state index in [4.69, 9.17) is 0 Å².